The van der Waals surface area contributed by atoms with Gasteiger partial charge in [0.05, 0.1) is 13.7 Å². The fourth-order valence-electron chi connectivity index (χ4n) is 1.86. The van der Waals surface area contributed by atoms with Crippen molar-refractivity contribution in [3.05, 3.63) is 0 Å². The molecule has 106 valence electrons. The third-order valence-electron chi connectivity index (χ3n) is 2.60. The molecule has 6 nitrogen and oxygen atoms in total. The van der Waals surface area contributed by atoms with Crippen LogP contribution in [0, 0.1) is 12.5 Å². The Morgan fingerprint density at radius 2 is 2.00 bits per heavy atom. The lowest BCUT2D eigenvalue weighted by Gasteiger charge is -2.27. The van der Waals surface area contributed by atoms with E-state index in [4.69, 9.17) is 15.9 Å². The van der Waals surface area contributed by atoms with Crippen molar-refractivity contribution in [1.29, 1.82) is 0 Å². The van der Waals surface area contributed by atoms with E-state index in [1.54, 1.807) is 20.8 Å². The first-order chi connectivity index (χ1) is 8.78. The number of rotatable bonds is 2. The maximum Gasteiger partial charge on any atom is 0.411 e. The molecule has 0 aliphatic carbocycles. The Balaban J connectivity index is 2.80. The summed E-state index contributed by atoms with van der Waals surface area (Å²) in [6, 6.07) is -0.724. The zero-order valence-electron chi connectivity index (χ0n) is 11.6. The predicted molar refractivity (Wildman–Crippen MR) is 67.1 cm³/mol. The minimum atomic E-state index is -0.724. The van der Waals surface area contributed by atoms with E-state index in [0.717, 1.165) is 0 Å². The van der Waals surface area contributed by atoms with Crippen LogP contribution in [-0.4, -0.2) is 48.4 Å². The lowest BCUT2D eigenvalue weighted by atomic mass is 10.2. The molecule has 1 amide bonds. The van der Waals surface area contributed by atoms with E-state index >= 15 is 0 Å². The van der Waals surface area contributed by atoms with Crippen molar-refractivity contribution in [3.63, 3.8) is 0 Å². The smallest absolute Gasteiger partial charge is 0.411 e. The molecule has 1 aliphatic heterocycles. The van der Waals surface area contributed by atoms with Gasteiger partial charge in [-0.15, -0.1) is 0 Å². The van der Waals surface area contributed by atoms with E-state index in [2.05, 4.69) is 10.8 Å². The van der Waals surface area contributed by atoms with Gasteiger partial charge in [0.1, 0.15) is 23.9 Å². The largest absolute Gasteiger partial charge is 0.467 e. The summed E-state index contributed by atoms with van der Waals surface area (Å²) in [7, 11) is 1.27. The van der Waals surface area contributed by atoms with Crippen LogP contribution in [0.4, 0.5) is 4.79 Å². The van der Waals surface area contributed by atoms with Crippen molar-refractivity contribution in [2.24, 2.45) is 0 Å². The van der Waals surface area contributed by atoms with Gasteiger partial charge in [-0.25, -0.2) is 9.59 Å². The zero-order chi connectivity index (χ0) is 14.6. The summed E-state index contributed by atoms with van der Waals surface area (Å²) in [6.45, 7) is 5.47. The Hall–Kier alpha value is -1.90. The summed E-state index contributed by atoms with van der Waals surface area (Å²) in [5, 5.41) is 0. The molecule has 0 unspecified atom stereocenters. The van der Waals surface area contributed by atoms with Crippen LogP contribution in [0.2, 0.25) is 0 Å². The summed E-state index contributed by atoms with van der Waals surface area (Å²) >= 11 is 0. The third-order valence-corrected chi connectivity index (χ3v) is 2.60. The second-order valence-electron chi connectivity index (χ2n) is 5.27. The van der Waals surface area contributed by atoms with Crippen LogP contribution in [0.25, 0.3) is 0 Å². The van der Waals surface area contributed by atoms with Gasteiger partial charge in [-0.2, -0.15) is 0 Å². The molecule has 0 saturated carbocycles. The van der Waals surface area contributed by atoms with Crippen molar-refractivity contribution < 1.29 is 23.8 Å². The lowest BCUT2D eigenvalue weighted by molar-refractivity contribution is -0.145. The van der Waals surface area contributed by atoms with Gasteiger partial charge in [-0.05, 0) is 20.8 Å². The molecule has 0 aromatic carbocycles. The topological polar surface area (TPSA) is 65.1 Å². The highest BCUT2D eigenvalue weighted by atomic mass is 16.6. The summed E-state index contributed by atoms with van der Waals surface area (Å²) in [5.74, 6) is -0.506. The fourth-order valence-corrected chi connectivity index (χ4v) is 1.86. The number of hydrogen-bond donors (Lipinski definition) is 0. The molecule has 1 rings (SSSR count). The van der Waals surface area contributed by atoms with Crippen LogP contribution in [0.15, 0.2) is 0 Å². The van der Waals surface area contributed by atoms with Gasteiger partial charge < -0.3 is 14.2 Å². The summed E-state index contributed by atoms with van der Waals surface area (Å²) in [5.41, 5.74) is -0.636. The number of nitrogens with zero attached hydrogens (tertiary/aromatic N) is 1. The van der Waals surface area contributed by atoms with Crippen LogP contribution in [-0.2, 0) is 19.0 Å². The number of carbonyl (C=O) groups excluding carboxylic acids is 2. The molecule has 19 heavy (non-hydrogen) atoms. The first kappa shape index (κ1) is 15.2. The second kappa shape index (κ2) is 5.83. The van der Waals surface area contributed by atoms with Gasteiger partial charge in [0, 0.05) is 6.42 Å². The number of esters is 1. The molecule has 1 aliphatic rings. The van der Waals surface area contributed by atoms with E-state index < -0.39 is 23.7 Å². The van der Waals surface area contributed by atoms with Gasteiger partial charge in [0.2, 0.25) is 0 Å². The van der Waals surface area contributed by atoms with Gasteiger partial charge in [-0.3, -0.25) is 4.90 Å². The average Bonchev–Trinajstić information content (AvgIpc) is 2.70. The first-order valence-electron chi connectivity index (χ1n) is 5.97. The maximum atomic E-state index is 12.0. The number of ether oxygens (including phenoxy) is 3. The molecule has 1 saturated heterocycles. The molecule has 2 atom stereocenters. The first-order valence-corrected chi connectivity index (χ1v) is 5.97. The molecule has 0 radical (unpaired) electrons. The Bertz CT molecular complexity index is 393. The Morgan fingerprint density at radius 1 is 1.37 bits per heavy atom. The molecule has 0 bridgehead atoms. The number of carbonyl (C=O) groups is 2. The standard InChI is InChI=1S/C13H19NO5/c1-6-18-9-7-10(11(15)17-5)14(8-9)12(16)19-13(2,3)4/h1,9-10H,7-8H2,2-5H3/t9-,10+/m0/s1. The van der Waals surface area contributed by atoms with E-state index in [1.807, 2.05) is 0 Å². The number of amides is 1. The molecule has 0 aromatic heterocycles. The zero-order valence-corrected chi connectivity index (χ0v) is 11.6. The molecular formula is C13H19NO5. The fraction of sp³-hybridized carbons (Fsp3) is 0.692. The number of likely N-dealkylation sites (tertiary alicyclic amines) is 1. The Labute approximate surface area is 113 Å². The minimum Gasteiger partial charge on any atom is -0.467 e. The van der Waals surface area contributed by atoms with Crippen LogP contribution in [0.1, 0.15) is 27.2 Å². The quantitative estimate of drug-likeness (QED) is 0.555. The molecule has 6 heteroatoms. The minimum absolute atomic E-state index is 0.207. The Morgan fingerprint density at radius 3 is 2.47 bits per heavy atom. The SMILES string of the molecule is C#CO[C@H]1C[C@H](C(=O)OC)N(C(=O)OC(C)(C)C)C1. The molecule has 0 spiro atoms. The number of methoxy groups -OCH3 is 1. The van der Waals surface area contributed by atoms with Gasteiger partial charge in [0.15, 0.2) is 0 Å². The highest BCUT2D eigenvalue weighted by Gasteiger charge is 2.43. The lowest BCUT2D eigenvalue weighted by Crippen LogP contribution is -2.44. The second-order valence-corrected chi connectivity index (χ2v) is 5.27. The van der Waals surface area contributed by atoms with Crippen molar-refractivity contribution in [2.75, 3.05) is 13.7 Å². The van der Waals surface area contributed by atoms with E-state index in [-0.39, 0.29) is 12.6 Å². The number of terminal acetylenes is 1. The Kier molecular flexibility index (Phi) is 4.65. The highest BCUT2D eigenvalue weighted by Crippen LogP contribution is 2.23. The summed E-state index contributed by atoms with van der Waals surface area (Å²) in [4.78, 5) is 25.0. The molecule has 0 aromatic rings. The summed E-state index contributed by atoms with van der Waals surface area (Å²) < 4.78 is 14.9. The highest BCUT2D eigenvalue weighted by molar-refractivity contribution is 5.82. The van der Waals surface area contributed by atoms with E-state index in [0.29, 0.717) is 6.42 Å². The maximum absolute atomic E-state index is 12.0. The van der Waals surface area contributed by atoms with Crippen LogP contribution in [0.5, 0.6) is 0 Å². The van der Waals surface area contributed by atoms with Crippen LogP contribution < -0.4 is 0 Å². The van der Waals surface area contributed by atoms with E-state index in [1.165, 1.54) is 12.0 Å². The van der Waals surface area contributed by atoms with Crippen molar-refractivity contribution in [2.45, 2.75) is 44.9 Å². The third kappa shape index (κ3) is 4.05. The molecule has 0 N–H and O–H groups in total. The van der Waals surface area contributed by atoms with Crippen molar-refractivity contribution in [3.8, 4) is 12.5 Å². The van der Waals surface area contributed by atoms with Crippen LogP contribution >= 0.6 is 0 Å². The van der Waals surface area contributed by atoms with Crippen molar-refractivity contribution >= 4 is 12.1 Å². The monoisotopic (exact) mass is 269 g/mol. The normalized spacial score (nSPS) is 22.6. The molecule has 1 heterocycles. The van der Waals surface area contributed by atoms with Crippen molar-refractivity contribution in [1.82, 2.24) is 4.90 Å². The van der Waals surface area contributed by atoms with E-state index in [9.17, 15) is 9.59 Å². The predicted octanol–water partition coefficient (Wildman–Crippen LogP) is 1.14. The summed E-state index contributed by atoms with van der Waals surface area (Å²) in [6.07, 6.45) is 6.46. The van der Waals surface area contributed by atoms with Gasteiger partial charge in [-0.1, -0.05) is 6.42 Å². The van der Waals surface area contributed by atoms with Gasteiger partial charge >= 0.3 is 12.1 Å². The van der Waals surface area contributed by atoms with Crippen LogP contribution in [0.3, 0.4) is 0 Å². The molecule has 1 fully saturated rings. The van der Waals surface area contributed by atoms with Gasteiger partial charge in [0.25, 0.3) is 0 Å². The average molecular weight is 269 g/mol. The molecular weight excluding hydrogens is 250 g/mol. The number of hydrogen-bond acceptors (Lipinski definition) is 5.